The van der Waals surface area contributed by atoms with Crippen LogP contribution in [0.5, 0.6) is 5.75 Å². The molecule has 0 fully saturated rings. The van der Waals surface area contributed by atoms with Crippen molar-refractivity contribution < 1.29 is 9.53 Å². The zero-order valence-corrected chi connectivity index (χ0v) is 16.4. The number of benzene rings is 2. The SMILES string of the molecule is COc1ccccc1C(=O)NCc1nn(Cc2cccnc2)c(=O)c2ccccc12. The van der Waals surface area contributed by atoms with E-state index in [1.54, 1.807) is 42.7 Å². The molecule has 0 saturated carbocycles. The van der Waals surface area contributed by atoms with Gasteiger partial charge in [-0.05, 0) is 29.8 Å². The number of aromatic nitrogens is 3. The lowest BCUT2D eigenvalue weighted by molar-refractivity contribution is 0.0947. The van der Waals surface area contributed by atoms with Gasteiger partial charge in [-0.3, -0.25) is 14.6 Å². The van der Waals surface area contributed by atoms with Crippen molar-refractivity contribution in [3.63, 3.8) is 0 Å². The molecule has 0 aliphatic rings. The Bertz CT molecular complexity index is 1250. The van der Waals surface area contributed by atoms with Gasteiger partial charge in [0.05, 0.1) is 36.8 Å². The highest BCUT2D eigenvalue weighted by atomic mass is 16.5. The Morgan fingerprint density at radius 1 is 1.03 bits per heavy atom. The van der Waals surface area contributed by atoms with Gasteiger partial charge < -0.3 is 10.1 Å². The zero-order chi connectivity index (χ0) is 20.9. The number of methoxy groups -OCH3 is 1. The largest absolute Gasteiger partial charge is 0.496 e. The highest BCUT2D eigenvalue weighted by molar-refractivity contribution is 5.97. The molecule has 1 N–H and O–H groups in total. The fraction of sp³-hybridized carbons (Fsp3) is 0.130. The molecular formula is C23H20N4O3. The van der Waals surface area contributed by atoms with Gasteiger partial charge in [-0.25, -0.2) is 4.68 Å². The van der Waals surface area contributed by atoms with Crippen LogP contribution in [0.1, 0.15) is 21.6 Å². The van der Waals surface area contributed by atoms with Crippen LogP contribution >= 0.6 is 0 Å². The Morgan fingerprint density at radius 2 is 1.80 bits per heavy atom. The highest BCUT2D eigenvalue weighted by Gasteiger charge is 2.14. The number of hydrogen-bond acceptors (Lipinski definition) is 5. The quantitative estimate of drug-likeness (QED) is 0.538. The molecule has 0 atom stereocenters. The van der Waals surface area contributed by atoms with Gasteiger partial charge in [-0.2, -0.15) is 5.10 Å². The number of ether oxygens (including phenoxy) is 1. The maximum atomic E-state index is 12.9. The fourth-order valence-electron chi connectivity index (χ4n) is 3.30. The predicted octanol–water partition coefficient (Wildman–Crippen LogP) is 2.78. The first kappa shape index (κ1) is 19.3. The number of nitrogens with one attached hydrogen (secondary N) is 1. The summed E-state index contributed by atoms with van der Waals surface area (Å²) in [5.74, 6) is 0.220. The minimum Gasteiger partial charge on any atom is -0.496 e. The minimum absolute atomic E-state index is 0.171. The third kappa shape index (κ3) is 3.91. The Hall–Kier alpha value is -4.00. The van der Waals surface area contributed by atoms with E-state index in [-0.39, 0.29) is 18.0 Å². The van der Waals surface area contributed by atoms with E-state index in [0.717, 1.165) is 5.56 Å². The average Bonchev–Trinajstić information content (AvgIpc) is 2.80. The van der Waals surface area contributed by atoms with Crippen molar-refractivity contribution >= 4 is 16.7 Å². The van der Waals surface area contributed by atoms with Gasteiger partial charge in [-0.15, -0.1) is 0 Å². The topological polar surface area (TPSA) is 86.1 Å². The summed E-state index contributed by atoms with van der Waals surface area (Å²) in [6.07, 6.45) is 3.38. The summed E-state index contributed by atoms with van der Waals surface area (Å²) >= 11 is 0. The van der Waals surface area contributed by atoms with Crippen molar-refractivity contribution in [2.24, 2.45) is 0 Å². The van der Waals surface area contributed by atoms with Crippen LogP contribution in [0.3, 0.4) is 0 Å². The lowest BCUT2D eigenvalue weighted by atomic mass is 10.1. The van der Waals surface area contributed by atoms with E-state index in [4.69, 9.17) is 4.74 Å². The lowest BCUT2D eigenvalue weighted by Gasteiger charge is -2.13. The summed E-state index contributed by atoms with van der Waals surface area (Å²) in [5, 5.41) is 8.68. The second-order valence-corrected chi connectivity index (χ2v) is 6.70. The van der Waals surface area contributed by atoms with Crippen LogP contribution in [0.4, 0.5) is 0 Å². The molecule has 2 heterocycles. The summed E-state index contributed by atoms with van der Waals surface area (Å²) in [6, 6.07) is 18.0. The Kier molecular flexibility index (Phi) is 5.52. The maximum absolute atomic E-state index is 12.9. The first-order chi connectivity index (χ1) is 14.7. The molecule has 30 heavy (non-hydrogen) atoms. The summed E-state index contributed by atoms with van der Waals surface area (Å²) in [5.41, 5.74) is 1.73. The van der Waals surface area contributed by atoms with Gasteiger partial charge in [0, 0.05) is 17.8 Å². The Morgan fingerprint density at radius 3 is 2.57 bits per heavy atom. The van der Waals surface area contributed by atoms with E-state index in [2.05, 4.69) is 15.4 Å². The average molecular weight is 400 g/mol. The lowest BCUT2D eigenvalue weighted by Crippen LogP contribution is -2.29. The number of para-hydroxylation sites is 1. The smallest absolute Gasteiger partial charge is 0.274 e. The number of carbonyl (C=O) groups is 1. The molecule has 0 bridgehead atoms. The van der Waals surface area contributed by atoms with E-state index < -0.39 is 0 Å². The van der Waals surface area contributed by atoms with Crippen LogP contribution in [-0.4, -0.2) is 27.8 Å². The minimum atomic E-state index is -0.275. The summed E-state index contributed by atoms with van der Waals surface area (Å²) < 4.78 is 6.67. The molecule has 4 aromatic rings. The van der Waals surface area contributed by atoms with Crippen molar-refractivity contribution in [1.29, 1.82) is 0 Å². The molecule has 7 nitrogen and oxygen atoms in total. The van der Waals surface area contributed by atoms with Crippen LogP contribution < -0.4 is 15.6 Å². The molecule has 2 aromatic heterocycles. The van der Waals surface area contributed by atoms with E-state index in [1.807, 2.05) is 30.3 Å². The highest BCUT2D eigenvalue weighted by Crippen LogP contribution is 2.18. The number of hydrogen-bond donors (Lipinski definition) is 1. The van der Waals surface area contributed by atoms with Crippen molar-refractivity contribution in [2.45, 2.75) is 13.1 Å². The monoisotopic (exact) mass is 400 g/mol. The standard InChI is InChI=1S/C23H20N4O3/c1-30-21-11-5-4-10-19(21)22(28)25-14-20-17-8-2-3-9-18(17)23(29)27(26-20)15-16-7-6-12-24-13-16/h2-13H,14-15H2,1H3,(H,25,28). The number of nitrogens with zero attached hydrogens (tertiary/aromatic N) is 3. The van der Waals surface area contributed by atoms with Gasteiger partial charge in [0.2, 0.25) is 0 Å². The first-order valence-corrected chi connectivity index (χ1v) is 9.46. The second kappa shape index (κ2) is 8.57. The van der Waals surface area contributed by atoms with Crippen molar-refractivity contribution in [3.8, 4) is 5.75 Å². The third-order valence-corrected chi connectivity index (χ3v) is 4.77. The Balaban J connectivity index is 1.67. The molecule has 7 heteroatoms. The van der Waals surface area contributed by atoms with Crippen molar-refractivity contribution in [3.05, 3.63) is 100 Å². The molecule has 150 valence electrons. The second-order valence-electron chi connectivity index (χ2n) is 6.70. The predicted molar refractivity (Wildman–Crippen MR) is 114 cm³/mol. The van der Waals surface area contributed by atoms with Crippen LogP contribution in [0.2, 0.25) is 0 Å². The summed E-state index contributed by atoms with van der Waals surface area (Å²) in [4.78, 5) is 29.7. The molecule has 0 aliphatic carbocycles. The van der Waals surface area contributed by atoms with Gasteiger partial charge >= 0.3 is 0 Å². The van der Waals surface area contributed by atoms with Crippen molar-refractivity contribution in [2.75, 3.05) is 7.11 Å². The molecular weight excluding hydrogens is 380 g/mol. The molecule has 2 aromatic carbocycles. The van der Waals surface area contributed by atoms with E-state index in [0.29, 0.717) is 34.3 Å². The maximum Gasteiger partial charge on any atom is 0.274 e. The van der Waals surface area contributed by atoms with Gasteiger partial charge in [0.1, 0.15) is 5.75 Å². The van der Waals surface area contributed by atoms with E-state index >= 15 is 0 Å². The Labute approximate surface area is 173 Å². The van der Waals surface area contributed by atoms with Gasteiger partial charge in [0.15, 0.2) is 0 Å². The van der Waals surface area contributed by atoms with Crippen LogP contribution in [0.15, 0.2) is 77.9 Å². The van der Waals surface area contributed by atoms with Gasteiger partial charge in [-0.1, -0.05) is 36.4 Å². The number of amides is 1. The molecule has 0 radical (unpaired) electrons. The fourth-order valence-corrected chi connectivity index (χ4v) is 3.30. The van der Waals surface area contributed by atoms with E-state index in [1.165, 1.54) is 11.8 Å². The molecule has 1 amide bonds. The molecule has 4 rings (SSSR count). The molecule has 0 saturated heterocycles. The number of rotatable bonds is 6. The number of carbonyl (C=O) groups excluding carboxylic acids is 1. The zero-order valence-electron chi connectivity index (χ0n) is 16.4. The number of pyridine rings is 1. The van der Waals surface area contributed by atoms with Crippen LogP contribution in [0, 0.1) is 0 Å². The first-order valence-electron chi connectivity index (χ1n) is 9.46. The van der Waals surface area contributed by atoms with Crippen LogP contribution in [0.25, 0.3) is 10.8 Å². The molecule has 0 spiro atoms. The molecule has 0 aliphatic heterocycles. The molecule has 0 unspecified atom stereocenters. The van der Waals surface area contributed by atoms with Gasteiger partial charge in [0.25, 0.3) is 11.5 Å². The van der Waals surface area contributed by atoms with Crippen molar-refractivity contribution in [1.82, 2.24) is 20.1 Å². The number of fused-ring (bicyclic) bond motifs is 1. The normalized spacial score (nSPS) is 10.7. The van der Waals surface area contributed by atoms with E-state index in [9.17, 15) is 9.59 Å². The van der Waals surface area contributed by atoms with Crippen LogP contribution in [-0.2, 0) is 13.1 Å². The summed E-state index contributed by atoms with van der Waals surface area (Å²) in [6.45, 7) is 0.468. The summed E-state index contributed by atoms with van der Waals surface area (Å²) in [7, 11) is 1.52. The third-order valence-electron chi connectivity index (χ3n) is 4.77.